The van der Waals surface area contributed by atoms with Crippen LogP contribution in [0.15, 0.2) is 18.2 Å². The minimum Gasteiger partial charge on any atom is -0.380 e. The lowest BCUT2D eigenvalue weighted by Gasteiger charge is -2.02. The molecule has 0 spiro atoms. The van der Waals surface area contributed by atoms with Gasteiger partial charge in [0.05, 0.1) is 17.1 Å². The van der Waals surface area contributed by atoms with Crippen LogP contribution in [0.3, 0.4) is 0 Å². The molecule has 0 saturated carbocycles. The molecule has 0 fully saturated rings. The standard InChI is InChI=1S/C8H8ClNO3/c1-13-5-6-3-2-4-7(9)8(6)10(11)12/h2-4H,5H2,1H3. The molecule has 0 aliphatic heterocycles. The molecule has 0 radical (unpaired) electrons. The monoisotopic (exact) mass is 201 g/mol. The first-order chi connectivity index (χ1) is 6.16. The maximum absolute atomic E-state index is 10.6. The third-order valence-corrected chi connectivity index (χ3v) is 1.86. The summed E-state index contributed by atoms with van der Waals surface area (Å²) in [6.45, 7) is 0.191. The smallest absolute Gasteiger partial charge is 0.293 e. The predicted octanol–water partition coefficient (Wildman–Crippen LogP) is 2.39. The number of hydrogen-bond donors (Lipinski definition) is 0. The second-order valence-electron chi connectivity index (χ2n) is 2.44. The summed E-state index contributed by atoms with van der Waals surface area (Å²) in [5, 5.41) is 10.7. The van der Waals surface area contributed by atoms with Gasteiger partial charge in [-0.15, -0.1) is 0 Å². The Morgan fingerprint density at radius 3 is 2.85 bits per heavy atom. The van der Waals surface area contributed by atoms with Crippen LogP contribution in [-0.4, -0.2) is 12.0 Å². The van der Waals surface area contributed by atoms with Crippen LogP contribution in [0.4, 0.5) is 5.69 Å². The zero-order valence-electron chi connectivity index (χ0n) is 6.99. The Hall–Kier alpha value is -1.13. The van der Waals surface area contributed by atoms with Crippen molar-refractivity contribution < 1.29 is 9.66 Å². The molecular weight excluding hydrogens is 194 g/mol. The molecule has 0 unspecified atom stereocenters. The number of nitrogens with zero attached hydrogens (tertiary/aromatic N) is 1. The Balaban J connectivity index is 3.17. The number of hydrogen-bond acceptors (Lipinski definition) is 3. The van der Waals surface area contributed by atoms with Gasteiger partial charge in [-0.25, -0.2) is 0 Å². The average molecular weight is 202 g/mol. The zero-order chi connectivity index (χ0) is 9.84. The number of ether oxygens (including phenoxy) is 1. The van der Waals surface area contributed by atoms with Crippen molar-refractivity contribution in [1.29, 1.82) is 0 Å². The third kappa shape index (κ3) is 2.17. The lowest BCUT2D eigenvalue weighted by atomic mass is 10.2. The van der Waals surface area contributed by atoms with Gasteiger partial charge in [-0.2, -0.15) is 0 Å². The van der Waals surface area contributed by atoms with Crippen LogP contribution < -0.4 is 0 Å². The summed E-state index contributed by atoms with van der Waals surface area (Å²) < 4.78 is 4.81. The largest absolute Gasteiger partial charge is 0.380 e. The van der Waals surface area contributed by atoms with Crippen LogP contribution in [-0.2, 0) is 11.3 Å². The van der Waals surface area contributed by atoms with Crippen LogP contribution in [0, 0.1) is 10.1 Å². The van der Waals surface area contributed by atoms with Gasteiger partial charge in [-0.1, -0.05) is 17.7 Å². The predicted molar refractivity (Wildman–Crippen MR) is 48.8 cm³/mol. The summed E-state index contributed by atoms with van der Waals surface area (Å²) in [6, 6.07) is 4.76. The molecule has 70 valence electrons. The molecule has 5 heteroatoms. The second kappa shape index (κ2) is 4.20. The number of benzene rings is 1. The first-order valence-electron chi connectivity index (χ1n) is 3.57. The average Bonchev–Trinajstić information content (AvgIpc) is 2.04. The molecule has 0 bridgehead atoms. The van der Waals surface area contributed by atoms with E-state index in [1.54, 1.807) is 12.1 Å². The van der Waals surface area contributed by atoms with Gasteiger partial charge in [-0.3, -0.25) is 10.1 Å². The van der Waals surface area contributed by atoms with E-state index in [1.807, 2.05) is 0 Å². The van der Waals surface area contributed by atoms with E-state index in [0.29, 0.717) is 5.56 Å². The van der Waals surface area contributed by atoms with Crippen molar-refractivity contribution in [3.05, 3.63) is 38.9 Å². The van der Waals surface area contributed by atoms with Crippen molar-refractivity contribution in [3.8, 4) is 0 Å². The molecule has 0 aliphatic carbocycles. The number of nitro groups is 1. The van der Waals surface area contributed by atoms with E-state index in [1.165, 1.54) is 13.2 Å². The van der Waals surface area contributed by atoms with Gasteiger partial charge in [0.15, 0.2) is 0 Å². The quantitative estimate of drug-likeness (QED) is 0.557. The minimum absolute atomic E-state index is 0.0778. The zero-order valence-corrected chi connectivity index (χ0v) is 7.75. The summed E-state index contributed by atoms with van der Waals surface area (Å²) in [5.74, 6) is 0. The Morgan fingerprint density at radius 2 is 2.31 bits per heavy atom. The van der Waals surface area contributed by atoms with Crippen molar-refractivity contribution in [1.82, 2.24) is 0 Å². The summed E-state index contributed by atoms with van der Waals surface area (Å²) in [6.07, 6.45) is 0. The molecule has 0 heterocycles. The van der Waals surface area contributed by atoms with Gasteiger partial charge in [-0.05, 0) is 12.1 Å². The first kappa shape index (κ1) is 9.95. The van der Waals surface area contributed by atoms with Gasteiger partial charge in [0.2, 0.25) is 0 Å². The Bertz CT molecular complexity index is 327. The van der Waals surface area contributed by atoms with E-state index in [4.69, 9.17) is 16.3 Å². The maximum atomic E-state index is 10.6. The van der Waals surface area contributed by atoms with E-state index in [2.05, 4.69) is 0 Å². The SMILES string of the molecule is COCc1cccc(Cl)c1[N+](=O)[O-]. The van der Waals surface area contributed by atoms with Crippen LogP contribution in [0.25, 0.3) is 0 Å². The highest BCUT2D eigenvalue weighted by molar-refractivity contribution is 6.32. The van der Waals surface area contributed by atoms with Crippen molar-refractivity contribution in [2.75, 3.05) is 7.11 Å². The number of halogens is 1. The number of nitro benzene ring substituents is 1. The van der Waals surface area contributed by atoms with Crippen molar-refractivity contribution in [2.24, 2.45) is 0 Å². The minimum atomic E-state index is -0.503. The van der Waals surface area contributed by atoms with Gasteiger partial charge in [0.1, 0.15) is 5.02 Å². The number of para-hydroxylation sites is 1. The van der Waals surface area contributed by atoms with Gasteiger partial charge >= 0.3 is 0 Å². The maximum Gasteiger partial charge on any atom is 0.293 e. The van der Waals surface area contributed by atoms with E-state index < -0.39 is 4.92 Å². The number of rotatable bonds is 3. The molecule has 0 atom stereocenters. The normalized spacial score (nSPS) is 10.0. The van der Waals surface area contributed by atoms with Crippen LogP contribution in [0.5, 0.6) is 0 Å². The fourth-order valence-electron chi connectivity index (χ4n) is 1.04. The highest BCUT2D eigenvalue weighted by atomic mass is 35.5. The van der Waals surface area contributed by atoms with Crippen molar-refractivity contribution in [3.63, 3.8) is 0 Å². The highest BCUT2D eigenvalue weighted by Gasteiger charge is 2.17. The molecule has 13 heavy (non-hydrogen) atoms. The van der Waals surface area contributed by atoms with E-state index in [9.17, 15) is 10.1 Å². The topological polar surface area (TPSA) is 52.4 Å². The Labute approximate surface area is 80.2 Å². The molecule has 1 aromatic rings. The lowest BCUT2D eigenvalue weighted by Crippen LogP contribution is -1.97. The van der Waals surface area contributed by atoms with Crippen LogP contribution >= 0.6 is 11.6 Å². The highest BCUT2D eigenvalue weighted by Crippen LogP contribution is 2.28. The summed E-state index contributed by atoms with van der Waals surface area (Å²) >= 11 is 5.66. The van der Waals surface area contributed by atoms with Gasteiger partial charge < -0.3 is 4.74 Å². The second-order valence-corrected chi connectivity index (χ2v) is 2.84. The Kier molecular flexibility index (Phi) is 3.22. The van der Waals surface area contributed by atoms with E-state index >= 15 is 0 Å². The fourth-order valence-corrected chi connectivity index (χ4v) is 1.30. The van der Waals surface area contributed by atoms with Gasteiger partial charge in [0, 0.05) is 7.11 Å². The Morgan fingerprint density at radius 1 is 1.62 bits per heavy atom. The molecule has 0 aromatic heterocycles. The molecule has 1 rings (SSSR count). The lowest BCUT2D eigenvalue weighted by molar-refractivity contribution is -0.385. The molecule has 0 aliphatic rings. The fraction of sp³-hybridized carbons (Fsp3) is 0.250. The molecule has 0 amide bonds. The summed E-state index contributed by atoms with van der Waals surface area (Å²) in [5.41, 5.74) is 0.408. The molecule has 0 N–H and O–H groups in total. The molecule has 1 aromatic carbocycles. The van der Waals surface area contributed by atoms with Crippen LogP contribution in [0.1, 0.15) is 5.56 Å². The molecular formula is C8H8ClNO3. The molecule has 4 nitrogen and oxygen atoms in total. The summed E-state index contributed by atoms with van der Waals surface area (Å²) in [7, 11) is 1.48. The first-order valence-corrected chi connectivity index (χ1v) is 3.95. The number of methoxy groups -OCH3 is 1. The van der Waals surface area contributed by atoms with Crippen molar-refractivity contribution >= 4 is 17.3 Å². The van der Waals surface area contributed by atoms with Gasteiger partial charge in [0.25, 0.3) is 5.69 Å². The van der Waals surface area contributed by atoms with E-state index in [-0.39, 0.29) is 17.3 Å². The van der Waals surface area contributed by atoms with Crippen molar-refractivity contribution in [2.45, 2.75) is 6.61 Å². The van der Waals surface area contributed by atoms with E-state index in [0.717, 1.165) is 0 Å². The van der Waals surface area contributed by atoms with Crippen LogP contribution in [0.2, 0.25) is 5.02 Å². The summed E-state index contributed by atoms with van der Waals surface area (Å²) in [4.78, 5) is 10.1. The molecule has 0 saturated heterocycles. The third-order valence-electron chi connectivity index (χ3n) is 1.55.